The third kappa shape index (κ3) is 3.87. The number of fused-ring (bicyclic) bond motifs is 1. The number of nitrogens with one attached hydrogen (secondary N) is 1. The van der Waals surface area contributed by atoms with E-state index in [2.05, 4.69) is 15.4 Å². The van der Waals surface area contributed by atoms with Gasteiger partial charge in [0.05, 0.1) is 11.4 Å². The Bertz CT molecular complexity index is 1220. The highest BCUT2D eigenvalue weighted by atomic mass is 19.1. The average Bonchev–Trinajstić information content (AvgIpc) is 3.05. The second-order valence-corrected chi connectivity index (χ2v) is 7.07. The van der Waals surface area contributed by atoms with Crippen molar-refractivity contribution in [1.82, 2.24) is 14.8 Å². The standard InChI is InChI=1S/C23H21FN4O2/c1-14-12-20(30-16(3)23(29)25-18-9-7-8-17(24)13-18)26-22-21(14)15(2)27-28(22)19-10-5-4-6-11-19/h4-13,16H,1-3H3,(H,25,29). The van der Waals surface area contributed by atoms with Crippen molar-refractivity contribution < 1.29 is 13.9 Å². The highest BCUT2D eigenvalue weighted by Crippen LogP contribution is 2.27. The largest absolute Gasteiger partial charge is 0.464 e. The van der Waals surface area contributed by atoms with Crippen LogP contribution in [0.5, 0.6) is 5.88 Å². The Morgan fingerprint density at radius 2 is 1.87 bits per heavy atom. The molecule has 30 heavy (non-hydrogen) atoms. The summed E-state index contributed by atoms with van der Waals surface area (Å²) in [6.07, 6.45) is -0.827. The fourth-order valence-electron chi connectivity index (χ4n) is 3.33. The lowest BCUT2D eigenvalue weighted by atomic mass is 10.1. The molecule has 6 nitrogen and oxygen atoms in total. The third-order valence-electron chi connectivity index (χ3n) is 4.75. The minimum Gasteiger partial charge on any atom is -0.464 e. The number of pyridine rings is 1. The summed E-state index contributed by atoms with van der Waals surface area (Å²) in [5.41, 5.74) is 3.73. The van der Waals surface area contributed by atoms with Crippen molar-refractivity contribution in [2.45, 2.75) is 26.9 Å². The lowest BCUT2D eigenvalue weighted by Crippen LogP contribution is -2.30. The number of nitrogens with zero attached hydrogens (tertiary/aromatic N) is 3. The van der Waals surface area contributed by atoms with Crippen LogP contribution in [0, 0.1) is 19.7 Å². The van der Waals surface area contributed by atoms with E-state index in [1.54, 1.807) is 23.7 Å². The number of aromatic nitrogens is 3. The summed E-state index contributed by atoms with van der Waals surface area (Å²) >= 11 is 0. The van der Waals surface area contributed by atoms with Crippen LogP contribution in [0.2, 0.25) is 0 Å². The number of rotatable bonds is 5. The van der Waals surface area contributed by atoms with Crippen molar-refractivity contribution in [2.24, 2.45) is 0 Å². The molecule has 0 aliphatic carbocycles. The minimum absolute atomic E-state index is 0.318. The summed E-state index contributed by atoms with van der Waals surface area (Å²) in [6, 6.07) is 17.2. The molecule has 1 amide bonds. The summed E-state index contributed by atoms with van der Waals surface area (Å²) in [5, 5.41) is 8.22. The Morgan fingerprint density at radius 1 is 1.10 bits per heavy atom. The van der Waals surface area contributed by atoms with Crippen LogP contribution in [0.25, 0.3) is 16.7 Å². The number of para-hydroxylation sites is 1. The maximum atomic E-state index is 13.3. The predicted molar refractivity (Wildman–Crippen MR) is 113 cm³/mol. The molecule has 0 aliphatic heterocycles. The summed E-state index contributed by atoms with van der Waals surface area (Å²) in [6.45, 7) is 5.51. The number of carbonyl (C=O) groups is 1. The number of halogens is 1. The molecule has 1 unspecified atom stereocenters. The van der Waals surface area contributed by atoms with Crippen LogP contribution >= 0.6 is 0 Å². The highest BCUT2D eigenvalue weighted by Gasteiger charge is 2.19. The van der Waals surface area contributed by atoms with E-state index in [0.717, 1.165) is 22.3 Å². The first-order chi connectivity index (χ1) is 14.4. The molecule has 0 aliphatic rings. The van der Waals surface area contributed by atoms with Gasteiger partial charge < -0.3 is 10.1 Å². The van der Waals surface area contributed by atoms with E-state index in [-0.39, 0.29) is 0 Å². The average molecular weight is 404 g/mol. The molecule has 2 aromatic heterocycles. The molecule has 4 aromatic rings. The van der Waals surface area contributed by atoms with Gasteiger partial charge in [-0.1, -0.05) is 24.3 Å². The fourth-order valence-corrected chi connectivity index (χ4v) is 3.33. The zero-order valence-corrected chi connectivity index (χ0v) is 16.9. The summed E-state index contributed by atoms with van der Waals surface area (Å²) in [4.78, 5) is 17.1. The summed E-state index contributed by atoms with van der Waals surface area (Å²) < 4.78 is 20.9. The molecule has 0 radical (unpaired) electrons. The van der Waals surface area contributed by atoms with Crippen LogP contribution in [-0.2, 0) is 4.79 Å². The number of benzene rings is 2. The number of carbonyl (C=O) groups excluding carboxylic acids is 1. The Kier molecular flexibility index (Phi) is 5.18. The smallest absolute Gasteiger partial charge is 0.265 e. The van der Waals surface area contributed by atoms with Gasteiger partial charge in [-0.3, -0.25) is 4.79 Å². The molecule has 0 saturated carbocycles. The van der Waals surface area contributed by atoms with E-state index in [1.807, 2.05) is 44.2 Å². The topological polar surface area (TPSA) is 69.0 Å². The fraction of sp³-hybridized carbons (Fsp3) is 0.174. The van der Waals surface area contributed by atoms with Gasteiger partial charge in [0.1, 0.15) is 5.82 Å². The molecule has 1 atom stereocenters. The SMILES string of the molecule is Cc1cc(OC(C)C(=O)Nc2cccc(F)c2)nc2c1c(C)nn2-c1ccccc1. The number of hydrogen-bond donors (Lipinski definition) is 1. The van der Waals surface area contributed by atoms with Crippen LogP contribution in [0.4, 0.5) is 10.1 Å². The second-order valence-electron chi connectivity index (χ2n) is 7.07. The minimum atomic E-state index is -0.827. The van der Waals surface area contributed by atoms with E-state index in [4.69, 9.17) is 4.74 Å². The van der Waals surface area contributed by atoms with Crippen molar-refractivity contribution in [3.63, 3.8) is 0 Å². The van der Waals surface area contributed by atoms with Crippen LogP contribution in [-0.4, -0.2) is 26.8 Å². The first-order valence-electron chi connectivity index (χ1n) is 9.58. The maximum absolute atomic E-state index is 13.3. The van der Waals surface area contributed by atoms with Gasteiger partial charge >= 0.3 is 0 Å². The molecule has 0 spiro atoms. The summed E-state index contributed by atoms with van der Waals surface area (Å²) in [7, 11) is 0. The Labute approximate surface area is 173 Å². The number of amides is 1. The Morgan fingerprint density at radius 3 is 2.60 bits per heavy atom. The van der Waals surface area contributed by atoms with Gasteiger partial charge in [0.2, 0.25) is 5.88 Å². The Hall–Kier alpha value is -3.74. The van der Waals surface area contributed by atoms with E-state index in [1.165, 1.54) is 18.2 Å². The maximum Gasteiger partial charge on any atom is 0.265 e. The second kappa shape index (κ2) is 7.94. The van der Waals surface area contributed by atoms with Gasteiger partial charge in [-0.05, 0) is 56.7 Å². The van der Waals surface area contributed by atoms with Gasteiger partial charge in [-0.2, -0.15) is 10.1 Å². The quantitative estimate of drug-likeness (QED) is 0.529. The molecule has 0 bridgehead atoms. The zero-order chi connectivity index (χ0) is 21.3. The molecular formula is C23H21FN4O2. The molecule has 2 aromatic carbocycles. The zero-order valence-electron chi connectivity index (χ0n) is 16.9. The molecule has 0 fully saturated rings. The molecule has 1 N–H and O–H groups in total. The highest BCUT2D eigenvalue weighted by molar-refractivity contribution is 5.94. The van der Waals surface area contributed by atoms with Gasteiger partial charge in [-0.25, -0.2) is 9.07 Å². The van der Waals surface area contributed by atoms with E-state index < -0.39 is 17.8 Å². The van der Waals surface area contributed by atoms with Crippen molar-refractivity contribution in [3.8, 4) is 11.6 Å². The third-order valence-corrected chi connectivity index (χ3v) is 4.75. The van der Waals surface area contributed by atoms with Gasteiger partial charge in [0, 0.05) is 17.1 Å². The summed E-state index contributed by atoms with van der Waals surface area (Å²) in [5.74, 6) is -0.500. The number of aryl methyl sites for hydroxylation is 2. The van der Waals surface area contributed by atoms with Crippen molar-refractivity contribution in [3.05, 3.63) is 77.7 Å². The van der Waals surface area contributed by atoms with Gasteiger partial charge in [-0.15, -0.1) is 0 Å². The molecule has 7 heteroatoms. The van der Waals surface area contributed by atoms with Gasteiger partial charge in [0.25, 0.3) is 5.91 Å². The van der Waals surface area contributed by atoms with Gasteiger partial charge in [0.15, 0.2) is 11.8 Å². The van der Waals surface area contributed by atoms with Crippen LogP contribution in [0.15, 0.2) is 60.7 Å². The van der Waals surface area contributed by atoms with Crippen LogP contribution in [0.3, 0.4) is 0 Å². The Balaban J connectivity index is 1.62. The van der Waals surface area contributed by atoms with Crippen LogP contribution in [0.1, 0.15) is 18.2 Å². The molecule has 0 saturated heterocycles. The normalized spacial score (nSPS) is 12.0. The molecule has 152 valence electrons. The van der Waals surface area contributed by atoms with Crippen LogP contribution < -0.4 is 10.1 Å². The van der Waals surface area contributed by atoms with Crippen molar-refractivity contribution >= 4 is 22.6 Å². The first-order valence-corrected chi connectivity index (χ1v) is 9.58. The first kappa shape index (κ1) is 19.6. The monoisotopic (exact) mass is 404 g/mol. The number of hydrogen-bond acceptors (Lipinski definition) is 4. The molecule has 4 rings (SSSR count). The van der Waals surface area contributed by atoms with E-state index >= 15 is 0 Å². The molecule has 2 heterocycles. The number of anilines is 1. The molecular weight excluding hydrogens is 383 g/mol. The van der Waals surface area contributed by atoms with Crippen molar-refractivity contribution in [2.75, 3.05) is 5.32 Å². The van der Waals surface area contributed by atoms with E-state index in [9.17, 15) is 9.18 Å². The predicted octanol–water partition coefficient (Wildman–Crippen LogP) is 4.58. The lowest BCUT2D eigenvalue weighted by molar-refractivity contribution is -0.122. The van der Waals surface area contributed by atoms with Crippen molar-refractivity contribution in [1.29, 1.82) is 0 Å². The lowest BCUT2D eigenvalue weighted by Gasteiger charge is -2.15. The van der Waals surface area contributed by atoms with E-state index in [0.29, 0.717) is 17.2 Å². The number of ether oxygens (including phenoxy) is 1.